The zero-order valence-electron chi connectivity index (χ0n) is 28.3. The summed E-state index contributed by atoms with van der Waals surface area (Å²) >= 11 is 0. The molecule has 0 unspecified atom stereocenters. The highest BCUT2D eigenvalue weighted by atomic mass is 79.9. The maximum Gasteiger partial charge on any atom is 0.211 e. The summed E-state index contributed by atoms with van der Waals surface area (Å²) in [7, 11) is 0. The summed E-state index contributed by atoms with van der Waals surface area (Å²) in [6.45, 7) is 6.38. The molecule has 3 aromatic carbocycles. The van der Waals surface area contributed by atoms with Gasteiger partial charge in [0.1, 0.15) is 42.9 Å². The molecule has 3 aliphatic heterocycles. The van der Waals surface area contributed by atoms with E-state index in [0.29, 0.717) is 44.2 Å². The second-order valence-electron chi connectivity index (χ2n) is 14.2. The highest BCUT2D eigenvalue weighted by Crippen LogP contribution is 2.42. The smallest absolute Gasteiger partial charge is 0.211 e. The van der Waals surface area contributed by atoms with Gasteiger partial charge in [-0.05, 0) is 72.7 Å². The van der Waals surface area contributed by atoms with Gasteiger partial charge in [0.2, 0.25) is 6.41 Å². The van der Waals surface area contributed by atoms with E-state index in [1.807, 2.05) is 30.3 Å². The van der Waals surface area contributed by atoms with Gasteiger partial charge in [0.05, 0.1) is 31.5 Å². The van der Waals surface area contributed by atoms with Crippen molar-refractivity contribution in [3.8, 4) is 11.5 Å². The first-order valence-corrected chi connectivity index (χ1v) is 17.8. The number of benzene rings is 3. The van der Waals surface area contributed by atoms with Gasteiger partial charge >= 0.3 is 0 Å². The molecule has 4 fully saturated rings. The molecule has 7 rings (SSSR count). The zero-order valence-corrected chi connectivity index (χ0v) is 29.9. The number of amides is 1. The molecule has 49 heavy (non-hydrogen) atoms. The van der Waals surface area contributed by atoms with Crippen LogP contribution >= 0.6 is 0 Å². The van der Waals surface area contributed by atoms with Crippen LogP contribution in [0.15, 0.2) is 72.8 Å². The van der Waals surface area contributed by atoms with E-state index in [1.165, 1.54) is 50.4 Å². The van der Waals surface area contributed by atoms with Crippen LogP contribution in [0.4, 0.5) is 5.69 Å². The van der Waals surface area contributed by atoms with Crippen LogP contribution in [-0.2, 0) is 21.6 Å². The van der Waals surface area contributed by atoms with Crippen molar-refractivity contribution < 1.29 is 51.1 Å². The number of quaternary nitrogens is 1. The normalized spacial score (nSPS) is 23.7. The molecule has 0 spiro atoms. The third-order valence-electron chi connectivity index (χ3n) is 11.2. The summed E-state index contributed by atoms with van der Waals surface area (Å²) in [6.07, 6.45) is 7.56. The number of carbonyl (C=O) groups is 1. The van der Waals surface area contributed by atoms with Gasteiger partial charge in [-0.25, -0.2) is 0 Å². The van der Waals surface area contributed by atoms with E-state index in [0.717, 1.165) is 48.1 Å². The Morgan fingerprint density at radius 3 is 2.43 bits per heavy atom. The molecule has 1 saturated carbocycles. The second-order valence-corrected chi connectivity index (χ2v) is 14.2. The standard InChI is InChI=1S/C39H51N3O6.BrH/c43-28-41-35-24-31(12-15-36(35)44)37(45)25-40-19-16-29-10-13-34(14-11-29)47-23-22-42-20-17-30(18-21-42)38(26-42)48-27-39(46,33-8-4-5-9-33)32-6-2-1-3-7-32;/h1-3,6-7,10-15,24,28,30,33,37-38,40,45-46H,4-5,8-9,16-23,25-27H2,(H-,41,43,44);1H/t30?,37-,38-,39+,42?;/m0./s1. The maximum atomic E-state index is 12.0. The third kappa shape index (κ3) is 9.22. The highest BCUT2D eigenvalue weighted by molar-refractivity contribution is 5.75. The fourth-order valence-electron chi connectivity index (χ4n) is 8.16. The van der Waals surface area contributed by atoms with Gasteiger partial charge in [-0.2, -0.15) is 0 Å². The second kappa shape index (κ2) is 17.3. The van der Waals surface area contributed by atoms with Crippen LogP contribution in [0.25, 0.3) is 0 Å². The number of carbonyl (C=O) groups excluding carboxylic acids is 1. The van der Waals surface area contributed by atoms with Crippen LogP contribution in [0.2, 0.25) is 0 Å². The average Bonchev–Trinajstić information content (AvgIpc) is 3.68. The van der Waals surface area contributed by atoms with E-state index in [2.05, 4.69) is 34.9 Å². The molecule has 9 nitrogen and oxygen atoms in total. The Kier molecular flexibility index (Phi) is 13.2. The lowest BCUT2D eigenvalue weighted by atomic mass is 9.80. The lowest BCUT2D eigenvalue weighted by Crippen LogP contribution is -3.00. The van der Waals surface area contributed by atoms with Gasteiger partial charge < -0.3 is 56.9 Å². The van der Waals surface area contributed by atoms with E-state index < -0.39 is 11.7 Å². The number of aromatic hydroxyl groups is 1. The van der Waals surface area contributed by atoms with Gasteiger partial charge in [0.25, 0.3) is 0 Å². The number of anilines is 1. The summed E-state index contributed by atoms with van der Waals surface area (Å²) in [5.41, 5.74) is 2.14. The Hall–Kier alpha value is -2.99. The number of aliphatic hydroxyl groups is 2. The molecule has 0 radical (unpaired) electrons. The first-order valence-electron chi connectivity index (χ1n) is 17.8. The van der Waals surface area contributed by atoms with Gasteiger partial charge in [-0.3, -0.25) is 4.79 Å². The number of ether oxygens (including phenoxy) is 2. The Morgan fingerprint density at radius 1 is 0.980 bits per heavy atom. The van der Waals surface area contributed by atoms with Gasteiger partial charge in [0, 0.05) is 25.3 Å². The molecule has 2 bridgehead atoms. The summed E-state index contributed by atoms with van der Waals surface area (Å²) < 4.78 is 14.0. The predicted octanol–water partition coefficient (Wildman–Crippen LogP) is 1.91. The van der Waals surface area contributed by atoms with E-state index in [1.54, 1.807) is 12.1 Å². The van der Waals surface area contributed by atoms with E-state index in [-0.39, 0.29) is 40.4 Å². The van der Waals surface area contributed by atoms with Crippen molar-refractivity contribution >= 4 is 12.1 Å². The molecule has 3 saturated heterocycles. The van der Waals surface area contributed by atoms with Crippen LogP contribution < -0.4 is 32.4 Å². The van der Waals surface area contributed by atoms with Crippen LogP contribution in [0.1, 0.15) is 61.3 Å². The minimum absolute atomic E-state index is 0. The molecule has 1 amide bonds. The van der Waals surface area contributed by atoms with Gasteiger partial charge in [-0.15, -0.1) is 0 Å². The molecule has 3 aromatic rings. The van der Waals surface area contributed by atoms with E-state index in [9.17, 15) is 20.1 Å². The quantitative estimate of drug-likeness (QED) is 0.0622. The number of hydrogen-bond donors (Lipinski definition) is 5. The van der Waals surface area contributed by atoms with Crippen molar-refractivity contribution in [2.24, 2.45) is 11.8 Å². The van der Waals surface area contributed by atoms with Crippen LogP contribution in [-0.4, -0.2) is 84.8 Å². The Bertz CT molecular complexity index is 1460. The van der Waals surface area contributed by atoms with Crippen LogP contribution in [0, 0.1) is 11.8 Å². The van der Waals surface area contributed by atoms with E-state index >= 15 is 0 Å². The van der Waals surface area contributed by atoms with Crippen LogP contribution in [0.5, 0.6) is 11.5 Å². The number of hydrogen-bond acceptors (Lipinski definition) is 7. The SMILES string of the molecule is O=CNc1cc([C@@H](O)CNCCc2ccc(OCC[N+]34CCC(CC3)[C@@H](OC[C@@](O)(c3ccccc3)C3CCCC3)C4)cc2)ccc1O.[Br-]. The van der Waals surface area contributed by atoms with Crippen molar-refractivity contribution in [1.82, 2.24) is 5.32 Å². The molecule has 1 aliphatic carbocycles. The minimum Gasteiger partial charge on any atom is -1.00 e. The van der Waals surface area contributed by atoms with E-state index in [4.69, 9.17) is 9.47 Å². The molecule has 5 N–H and O–H groups in total. The number of fused-ring (bicyclic) bond motifs is 3. The number of aliphatic hydroxyl groups excluding tert-OH is 1. The molecule has 3 atom stereocenters. The fraction of sp³-hybridized carbons (Fsp3) is 0.513. The largest absolute Gasteiger partial charge is 1.00 e. The third-order valence-corrected chi connectivity index (χ3v) is 11.2. The number of nitrogens with zero attached hydrogens (tertiary/aromatic N) is 1. The lowest BCUT2D eigenvalue weighted by molar-refractivity contribution is -0.946. The molecule has 4 aliphatic rings. The van der Waals surface area contributed by atoms with Crippen molar-refractivity contribution in [1.29, 1.82) is 0 Å². The zero-order chi connectivity index (χ0) is 33.4. The molecule has 0 aromatic heterocycles. The summed E-state index contributed by atoms with van der Waals surface area (Å²) in [6, 6.07) is 23.1. The van der Waals surface area contributed by atoms with Crippen molar-refractivity contribution in [2.75, 3.05) is 57.8 Å². The van der Waals surface area contributed by atoms with Crippen LogP contribution in [0.3, 0.4) is 0 Å². The molecular formula is C39H52BrN3O6. The minimum atomic E-state index is -0.921. The van der Waals surface area contributed by atoms with Crippen molar-refractivity contribution in [2.45, 2.75) is 62.8 Å². The first kappa shape index (κ1) is 37.3. The topological polar surface area (TPSA) is 120 Å². The number of phenols is 1. The summed E-state index contributed by atoms with van der Waals surface area (Å²) in [4.78, 5) is 10.7. The average molecular weight is 739 g/mol. The maximum absolute atomic E-state index is 12.0. The van der Waals surface area contributed by atoms with Gasteiger partial charge in [-0.1, -0.05) is 61.4 Å². The number of nitrogens with one attached hydrogen (secondary N) is 2. The molecule has 3 heterocycles. The molecule has 266 valence electrons. The summed E-state index contributed by atoms with van der Waals surface area (Å²) in [5.74, 6) is 1.66. The number of phenolic OH excluding ortho intramolecular Hbond substituents is 1. The monoisotopic (exact) mass is 737 g/mol. The molecular weight excluding hydrogens is 686 g/mol. The Labute approximate surface area is 301 Å². The van der Waals surface area contributed by atoms with Gasteiger partial charge in [0.15, 0.2) is 0 Å². The Morgan fingerprint density at radius 2 is 1.71 bits per heavy atom. The number of rotatable bonds is 17. The fourth-order valence-corrected chi connectivity index (χ4v) is 8.16. The predicted molar refractivity (Wildman–Crippen MR) is 186 cm³/mol. The highest BCUT2D eigenvalue weighted by Gasteiger charge is 2.48. The summed E-state index contributed by atoms with van der Waals surface area (Å²) in [5, 5.41) is 38.1. The van der Waals surface area contributed by atoms with Crippen molar-refractivity contribution in [3.05, 3.63) is 89.5 Å². The number of piperidine rings is 3. The van der Waals surface area contributed by atoms with Crippen molar-refractivity contribution in [3.63, 3.8) is 0 Å². The lowest BCUT2D eigenvalue weighted by Gasteiger charge is -2.52. The molecule has 10 heteroatoms. The number of halogens is 1. The Balaban J connectivity index is 0.00000468. The first-order chi connectivity index (χ1) is 23.4.